The average molecular weight is 440 g/mol. The molecule has 3 rings (SSSR count). The van der Waals surface area contributed by atoms with Gasteiger partial charge >= 0.3 is 0 Å². The molecule has 1 aliphatic heterocycles. The SMILES string of the molecule is COc1ccc(N2CCN(CCCNC(=O)C=Cc3ccc(OC)c(OC)c3)CC2)cc1. The number of rotatable bonds is 10. The van der Waals surface area contributed by atoms with Gasteiger partial charge in [0, 0.05) is 44.5 Å². The highest BCUT2D eigenvalue weighted by Gasteiger charge is 2.16. The summed E-state index contributed by atoms with van der Waals surface area (Å²) in [5, 5.41) is 2.96. The molecule has 0 unspecified atom stereocenters. The second kappa shape index (κ2) is 12.0. The van der Waals surface area contributed by atoms with Crippen LogP contribution in [0.15, 0.2) is 48.5 Å². The van der Waals surface area contributed by atoms with E-state index in [0.29, 0.717) is 18.0 Å². The van der Waals surface area contributed by atoms with Crippen LogP contribution in [0, 0.1) is 0 Å². The summed E-state index contributed by atoms with van der Waals surface area (Å²) in [6.07, 6.45) is 4.25. The van der Waals surface area contributed by atoms with Crippen LogP contribution < -0.4 is 24.4 Å². The highest BCUT2D eigenvalue weighted by atomic mass is 16.5. The molecule has 2 aromatic rings. The second-order valence-electron chi connectivity index (χ2n) is 7.62. The third-order valence-electron chi connectivity index (χ3n) is 5.59. The zero-order valence-corrected chi connectivity index (χ0v) is 19.2. The molecule has 1 fully saturated rings. The van der Waals surface area contributed by atoms with Gasteiger partial charge in [0.05, 0.1) is 21.3 Å². The minimum Gasteiger partial charge on any atom is -0.497 e. The zero-order valence-electron chi connectivity index (χ0n) is 19.2. The quantitative estimate of drug-likeness (QED) is 0.454. The first kappa shape index (κ1) is 23.5. The normalized spacial score (nSPS) is 14.4. The first-order valence-corrected chi connectivity index (χ1v) is 10.9. The summed E-state index contributed by atoms with van der Waals surface area (Å²) in [6.45, 7) is 5.71. The Hall–Kier alpha value is -3.19. The number of anilines is 1. The minimum atomic E-state index is -0.0934. The van der Waals surface area contributed by atoms with Gasteiger partial charge in [0.25, 0.3) is 0 Å². The molecule has 0 saturated carbocycles. The van der Waals surface area contributed by atoms with Crippen LogP contribution in [0.3, 0.4) is 0 Å². The Morgan fingerprint density at radius 2 is 1.66 bits per heavy atom. The van der Waals surface area contributed by atoms with Gasteiger partial charge in [-0.3, -0.25) is 9.69 Å². The van der Waals surface area contributed by atoms with Crippen molar-refractivity contribution in [1.29, 1.82) is 0 Å². The lowest BCUT2D eigenvalue weighted by atomic mass is 10.2. The van der Waals surface area contributed by atoms with E-state index >= 15 is 0 Å². The van der Waals surface area contributed by atoms with E-state index in [9.17, 15) is 4.79 Å². The van der Waals surface area contributed by atoms with E-state index in [2.05, 4.69) is 27.2 Å². The predicted molar refractivity (Wildman–Crippen MR) is 128 cm³/mol. The number of carbonyl (C=O) groups is 1. The van der Waals surface area contributed by atoms with Crippen molar-refractivity contribution < 1.29 is 19.0 Å². The highest BCUT2D eigenvalue weighted by molar-refractivity contribution is 5.91. The van der Waals surface area contributed by atoms with Crippen molar-refractivity contribution in [3.05, 3.63) is 54.1 Å². The second-order valence-corrected chi connectivity index (χ2v) is 7.62. The molecule has 0 aromatic heterocycles. The maximum absolute atomic E-state index is 12.1. The van der Waals surface area contributed by atoms with Gasteiger partial charge in [-0.15, -0.1) is 0 Å². The monoisotopic (exact) mass is 439 g/mol. The van der Waals surface area contributed by atoms with Gasteiger partial charge in [0.15, 0.2) is 11.5 Å². The molecule has 0 radical (unpaired) electrons. The minimum absolute atomic E-state index is 0.0934. The van der Waals surface area contributed by atoms with Crippen LogP contribution in [0.25, 0.3) is 6.08 Å². The molecule has 1 heterocycles. The fraction of sp³-hybridized carbons (Fsp3) is 0.400. The van der Waals surface area contributed by atoms with Crippen LogP contribution >= 0.6 is 0 Å². The van der Waals surface area contributed by atoms with Crippen molar-refractivity contribution in [3.8, 4) is 17.2 Å². The summed E-state index contributed by atoms with van der Waals surface area (Å²) in [5.41, 5.74) is 2.12. The summed E-state index contributed by atoms with van der Waals surface area (Å²) in [7, 11) is 4.88. The van der Waals surface area contributed by atoms with Gasteiger partial charge in [0.1, 0.15) is 5.75 Å². The van der Waals surface area contributed by atoms with Crippen LogP contribution in [-0.2, 0) is 4.79 Å². The molecule has 1 aliphatic rings. The van der Waals surface area contributed by atoms with E-state index in [0.717, 1.165) is 50.5 Å². The lowest BCUT2D eigenvalue weighted by Crippen LogP contribution is -2.47. The molecule has 0 bridgehead atoms. The maximum atomic E-state index is 12.1. The standard InChI is InChI=1S/C25H33N3O4/c1-30-22-9-7-21(8-10-22)28-17-15-27(16-18-28)14-4-13-26-25(29)12-6-20-5-11-23(31-2)24(19-20)32-3/h5-12,19H,4,13-18H2,1-3H3,(H,26,29). The third-order valence-corrected chi connectivity index (χ3v) is 5.59. The molecule has 1 N–H and O–H groups in total. The molecule has 0 atom stereocenters. The van der Waals surface area contributed by atoms with E-state index in [1.807, 2.05) is 30.3 Å². The molecule has 0 aliphatic carbocycles. The molecule has 0 spiro atoms. The molecule has 1 amide bonds. The maximum Gasteiger partial charge on any atom is 0.243 e. The summed E-state index contributed by atoms with van der Waals surface area (Å²) >= 11 is 0. The van der Waals surface area contributed by atoms with Crippen LogP contribution in [-0.4, -0.2) is 71.4 Å². The zero-order chi connectivity index (χ0) is 22.8. The molecule has 7 heteroatoms. The number of carbonyl (C=O) groups excluding carboxylic acids is 1. The third kappa shape index (κ3) is 6.65. The van der Waals surface area contributed by atoms with Crippen molar-refractivity contribution in [3.63, 3.8) is 0 Å². The Labute approximate surface area is 190 Å². The van der Waals surface area contributed by atoms with Gasteiger partial charge in [-0.1, -0.05) is 6.07 Å². The van der Waals surface area contributed by atoms with Crippen LogP contribution in [0.2, 0.25) is 0 Å². The molecule has 7 nitrogen and oxygen atoms in total. The first-order valence-electron chi connectivity index (χ1n) is 10.9. The Morgan fingerprint density at radius 3 is 2.31 bits per heavy atom. The number of hydrogen-bond donors (Lipinski definition) is 1. The highest BCUT2D eigenvalue weighted by Crippen LogP contribution is 2.28. The molecule has 1 saturated heterocycles. The molecule has 172 valence electrons. The van der Waals surface area contributed by atoms with Gasteiger partial charge in [-0.25, -0.2) is 0 Å². The van der Waals surface area contributed by atoms with E-state index < -0.39 is 0 Å². The van der Waals surface area contributed by atoms with Gasteiger partial charge < -0.3 is 24.4 Å². The van der Waals surface area contributed by atoms with Crippen molar-refractivity contribution in [1.82, 2.24) is 10.2 Å². The van der Waals surface area contributed by atoms with E-state index in [4.69, 9.17) is 14.2 Å². The summed E-state index contributed by atoms with van der Waals surface area (Å²) in [4.78, 5) is 17.0. The number of nitrogens with zero attached hydrogens (tertiary/aromatic N) is 2. The number of piperazine rings is 1. The van der Waals surface area contributed by atoms with Crippen molar-refractivity contribution in [2.24, 2.45) is 0 Å². The van der Waals surface area contributed by atoms with Crippen LogP contribution in [0.4, 0.5) is 5.69 Å². The molecular formula is C25H33N3O4. The van der Waals surface area contributed by atoms with E-state index in [-0.39, 0.29) is 5.91 Å². The van der Waals surface area contributed by atoms with Crippen molar-refractivity contribution in [2.75, 3.05) is 65.5 Å². The Bertz CT molecular complexity index is 891. The number of nitrogens with one attached hydrogen (secondary N) is 1. The largest absolute Gasteiger partial charge is 0.497 e. The fourth-order valence-corrected chi connectivity index (χ4v) is 3.72. The first-order chi connectivity index (χ1) is 15.6. The van der Waals surface area contributed by atoms with Crippen molar-refractivity contribution in [2.45, 2.75) is 6.42 Å². The molecule has 32 heavy (non-hydrogen) atoms. The van der Waals surface area contributed by atoms with E-state index in [1.54, 1.807) is 33.5 Å². The summed E-state index contributed by atoms with van der Waals surface area (Å²) < 4.78 is 15.7. The topological polar surface area (TPSA) is 63.3 Å². The smallest absolute Gasteiger partial charge is 0.243 e. The fourth-order valence-electron chi connectivity index (χ4n) is 3.72. The number of methoxy groups -OCH3 is 3. The van der Waals surface area contributed by atoms with E-state index in [1.165, 1.54) is 5.69 Å². The Balaban J connectivity index is 1.34. The van der Waals surface area contributed by atoms with Gasteiger partial charge in [-0.2, -0.15) is 0 Å². The molecular weight excluding hydrogens is 406 g/mol. The average Bonchev–Trinajstić information content (AvgIpc) is 2.85. The van der Waals surface area contributed by atoms with Gasteiger partial charge in [-0.05, 0) is 61.0 Å². The summed E-state index contributed by atoms with van der Waals surface area (Å²) in [6, 6.07) is 13.8. The number of ether oxygens (including phenoxy) is 3. The van der Waals surface area contributed by atoms with Crippen LogP contribution in [0.1, 0.15) is 12.0 Å². The lowest BCUT2D eigenvalue weighted by Gasteiger charge is -2.36. The summed E-state index contributed by atoms with van der Waals surface area (Å²) in [5.74, 6) is 2.10. The predicted octanol–water partition coefficient (Wildman–Crippen LogP) is 3.05. The number of hydrogen-bond acceptors (Lipinski definition) is 6. The molecule has 2 aromatic carbocycles. The van der Waals surface area contributed by atoms with Crippen LogP contribution in [0.5, 0.6) is 17.2 Å². The van der Waals surface area contributed by atoms with Gasteiger partial charge in [0.2, 0.25) is 5.91 Å². The number of amides is 1. The Morgan fingerprint density at radius 1 is 0.938 bits per heavy atom. The number of benzene rings is 2. The lowest BCUT2D eigenvalue weighted by molar-refractivity contribution is -0.116. The Kier molecular flexibility index (Phi) is 8.80. The van der Waals surface area contributed by atoms with Crippen molar-refractivity contribution >= 4 is 17.7 Å².